The summed E-state index contributed by atoms with van der Waals surface area (Å²) in [7, 11) is 0. The lowest BCUT2D eigenvalue weighted by Crippen LogP contribution is -2.50. The second-order valence-electron chi connectivity index (χ2n) is 10.6. The van der Waals surface area contributed by atoms with Crippen LogP contribution >= 0.6 is 0 Å². The van der Waals surface area contributed by atoms with Gasteiger partial charge in [0.25, 0.3) is 0 Å². The Labute approximate surface area is 237 Å². The summed E-state index contributed by atoms with van der Waals surface area (Å²) in [5.41, 5.74) is 5.20. The van der Waals surface area contributed by atoms with Crippen LogP contribution in [0.1, 0.15) is 41.2 Å². The number of anilines is 1. The summed E-state index contributed by atoms with van der Waals surface area (Å²) in [5, 5.41) is 9.11. The first-order valence-electron chi connectivity index (χ1n) is 14.3. The average Bonchev–Trinajstić information content (AvgIpc) is 3.56. The number of amides is 1. The Morgan fingerprint density at radius 3 is 2.27 bits per heavy atom. The van der Waals surface area contributed by atoms with E-state index in [1.807, 2.05) is 59.5 Å². The molecule has 3 aromatic rings. The van der Waals surface area contributed by atoms with Crippen molar-refractivity contribution in [1.29, 1.82) is 5.26 Å². The van der Waals surface area contributed by atoms with Crippen molar-refractivity contribution < 1.29 is 14.3 Å². The molecule has 0 aromatic heterocycles. The van der Waals surface area contributed by atoms with Crippen LogP contribution in [0.25, 0.3) is 0 Å². The molecule has 2 aliphatic rings. The fourth-order valence-corrected chi connectivity index (χ4v) is 5.36. The smallest absolute Gasteiger partial charge is 0.248 e. The van der Waals surface area contributed by atoms with Crippen molar-refractivity contribution in [2.45, 2.75) is 32.2 Å². The third-order valence-corrected chi connectivity index (χ3v) is 7.73. The van der Waals surface area contributed by atoms with Crippen molar-refractivity contribution >= 4 is 11.6 Å². The molecule has 0 saturated carbocycles. The Kier molecular flexibility index (Phi) is 9.81. The lowest BCUT2D eigenvalue weighted by molar-refractivity contribution is -0.138. The van der Waals surface area contributed by atoms with Gasteiger partial charge in [-0.15, -0.1) is 0 Å². The summed E-state index contributed by atoms with van der Waals surface area (Å²) < 4.78 is 12.2. The number of hydrogen-bond acceptors (Lipinski definition) is 6. The van der Waals surface area contributed by atoms with Gasteiger partial charge in [0, 0.05) is 51.5 Å². The van der Waals surface area contributed by atoms with Gasteiger partial charge in [-0.3, -0.25) is 9.69 Å². The van der Waals surface area contributed by atoms with E-state index in [1.165, 1.54) is 24.1 Å². The molecule has 2 saturated heterocycles. The summed E-state index contributed by atoms with van der Waals surface area (Å²) in [4.78, 5) is 19.5. The summed E-state index contributed by atoms with van der Waals surface area (Å²) >= 11 is 0. The van der Waals surface area contributed by atoms with Crippen molar-refractivity contribution in [3.63, 3.8) is 0 Å². The molecule has 7 heteroatoms. The van der Waals surface area contributed by atoms with Crippen LogP contribution in [-0.2, 0) is 27.5 Å². The maximum atomic E-state index is 12.7. The molecule has 1 atom stereocenters. The third kappa shape index (κ3) is 7.70. The van der Waals surface area contributed by atoms with Crippen molar-refractivity contribution in [1.82, 2.24) is 9.80 Å². The molecule has 0 N–H and O–H groups in total. The first kappa shape index (κ1) is 27.9. The Bertz CT molecular complexity index is 1260. The topological polar surface area (TPSA) is 69.0 Å². The second kappa shape index (κ2) is 14.1. The van der Waals surface area contributed by atoms with Gasteiger partial charge in [0.05, 0.1) is 31.0 Å². The van der Waals surface area contributed by atoms with E-state index in [4.69, 9.17) is 14.7 Å². The van der Waals surface area contributed by atoms with Crippen LogP contribution in [-0.4, -0.2) is 68.1 Å². The zero-order valence-corrected chi connectivity index (χ0v) is 23.1. The highest BCUT2D eigenvalue weighted by Crippen LogP contribution is 2.27. The lowest BCUT2D eigenvalue weighted by atomic mass is 10.1. The number of nitrogens with zero attached hydrogens (tertiary/aromatic N) is 4. The third-order valence-electron chi connectivity index (χ3n) is 7.73. The molecule has 3 aromatic carbocycles. The molecule has 0 bridgehead atoms. The number of hydrogen-bond donors (Lipinski definition) is 0. The molecule has 0 radical (unpaired) electrons. The van der Waals surface area contributed by atoms with Gasteiger partial charge in [0.2, 0.25) is 5.91 Å². The van der Waals surface area contributed by atoms with E-state index in [1.54, 1.807) is 0 Å². The van der Waals surface area contributed by atoms with Gasteiger partial charge in [-0.1, -0.05) is 54.6 Å². The standard InChI is InChI=1S/C33H38N4O3/c34-22-27-11-13-29(14-12-27)25-40-32(30-9-6-10-31(21-30)36-15-4-5-16-36)23-35-17-19-37(20-18-35)33(38)26-39-24-28-7-2-1-3-8-28/h1-3,6-14,21,32H,4-5,15-20,23-26H2/t32-/m0/s1. The van der Waals surface area contributed by atoms with Crippen molar-refractivity contribution in [3.8, 4) is 6.07 Å². The van der Waals surface area contributed by atoms with Crippen LogP contribution in [0.2, 0.25) is 0 Å². The molecule has 5 rings (SSSR count). The maximum absolute atomic E-state index is 12.7. The molecule has 40 heavy (non-hydrogen) atoms. The van der Waals surface area contributed by atoms with Gasteiger partial charge in [-0.25, -0.2) is 0 Å². The number of nitriles is 1. The fourth-order valence-electron chi connectivity index (χ4n) is 5.36. The highest BCUT2D eigenvalue weighted by atomic mass is 16.5. The number of ether oxygens (including phenoxy) is 2. The molecule has 0 unspecified atom stereocenters. The van der Waals surface area contributed by atoms with Gasteiger partial charge < -0.3 is 19.3 Å². The molecule has 1 amide bonds. The van der Waals surface area contributed by atoms with E-state index in [0.29, 0.717) is 31.9 Å². The fraction of sp³-hybridized carbons (Fsp3) is 0.394. The Morgan fingerprint density at radius 2 is 1.55 bits per heavy atom. The number of piperazine rings is 1. The lowest BCUT2D eigenvalue weighted by Gasteiger charge is -2.36. The maximum Gasteiger partial charge on any atom is 0.248 e. The van der Waals surface area contributed by atoms with Gasteiger partial charge >= 0.3 is 0 Å². The van der Waals surface area contributed by atoms with Crippen LogP contribution < -0.4 is 4.90 Å². The number of carbonyl (C=O) groups excluding carboxylic acids is 1. The zero-order chi connectivity index (χ0) is 27.6. The van der Waals surface area contributed by atoms with Crippen molar-refractivity contribution in [2.24, 2.45) is 0 Å². The Morgan fingerprint density at radius 1 is 0.825 bits per heavy atom. The first-order valence-corrected chi connectivity index (χ1v) is 14.3. The molecule has 0 aliphatic carbocycles. The largest absolute Gasteiger partial charge is 0.372 e. The van der Waals surface area contributed by atoms with Crippen molar-refractivity contribution in [2.75, 3.05) is 57.3 Å². The van der Waals surface area contributed by atoms with Crippen LogP contribution in [0.3, 0.4) is 0 Å². The van der Waals surface area contributed by atoms with Gasteiger partial charge in [-0.05, 0) is 53.8 Å². The minimum absolute atomic E-state index is 0.0440. The summed E-state index contributed by atoms with van der Waals surface area (Å²) in [5.74, 6) is 0.0440. The van der Waals surface area contributed by atoms with Crippen LogP contribution in [0, 0.1) is 11.3 Å². The van der Waals surface area contributed by atoms with Crippen LogP contribution in [0.15, 0.2) is 78.9 Å². The number of benzene rings is 3. The van der Waals surface area contributed by atoms with E-state index in [9.17, 15) is 4.79 Å². The van der Waals surface area contributed by atoms with Crippen LogP contribution in [0.4, 0.5) is 5.69 Å². The monoisotopic (exact) mass is 538 g/mol. The summed E-state index contributed by atoms with van der Waals surface area (Å²) in [6, 6.07) is 28.5. The molecule has 2 heterocycles. The van der Waals surface area contributed by atoms with Gasteiger partial charge in [-0.2, -0.15) is 5.26 Å². The number of rotatable bonds is 11. The van der Waals surface area contributed by atoms with Gasteiger partial charge in [0.15, 0.2) is 0 Å². The highest BCUT2D eigenvalue weighted by Gasteiger charge is 2.25. The average molecular weight is 539 g/mol. The van der Waals surface area contributed by atoms with E-state index in [0.717, 1.165) is 43.9 Å². The summed E-state index contributed by atoms with van der Waals surface area (Å²) in [6.45, 7) is 6.95. The first-order chi connectivity index (χ1) is 19.7. The quantitative estimate of drug-likeness (QED) is 0.350. The van der Waals surface area contributed by atoms with Crippen LogP contribution in [0.5, 0.6) is 0 Å². The zero-order valence-electron chi connectivity index (χ0n) is 23.1. The van der Waals surface area contributed by atoms with E-state index >= 15 is 0 Å². The van der Waals surface area contributed by atoms with E-state index in [-0.39, 0.29) is 18.6 Å². The highest BCUT2D eigenvalue weighted by molar-refractivity contribution is 5.77. The second-order valence-corrected chi connectivity index (χ2v) is 10.6. The molecule has 0 spiro atoms. The number of carbonyl (C=O) groups is 1. The molecule has 2 fully saturated rings. The van der Waals surface area contributed by atoms with E-state index < -0.39 is 0 Å². The minimum Gasteiger partial charge on any atom is -0.372 e. The normalized spacial score (nSPS) is 16.6. The van der Waals surface area contributed by atoms with E-state index in [2.05, 4.69) is 40.1 Å². The molecular weight excluding hydrogens is 500 g/mol. The SMILES string of the molecule is N#Cc1ccc(CO[C@@H](CN2CCN(C(=O)COCc3ccccc3)CC2)c2cccc(N3CCCC3)c2)cc1. The minimum atomic E-state index is -0.102. The molecule has 7 nitrogen and oxygen atoms in total. The predicted molar refractivity (Wildman–Crippen MR) is 156 cm³/mol. The molecule has 208 valence electrons. The predicted octanol–water partition coefficient (Wildman–Crippen LogP) is 4.78. The Balaban J connectivity index is 1.18. The summed E-state index contributed by atoms with van der Waals surface area (Å²) in [6.07, 6.45) is 2.38. The molecule has 2 aliphatic heterocycles. The molecular formula is C33H38N4O3. The van der Waals surface area contributed by atoms with Crippen molar-refractivity contribution in [3.05, 3.63) is 101 Å². The Hall–Kier alpha value is -3.70. The van der Waals surface area contributed by atoms with Gasteiger partial charge in [0.1, 0.15) is 6.61 Å².